The van der Waals surface area contributed by atoms with E-state index in [2.05, 4.69) is 9.88 Å². The summed E-state index contributed by atoms with van der Waals surface area (Å²) in [5, 5.41) is 17.7. The van der Waals surface area contributed by atoms with Crippen LogP contribution in [-0.2, 0) is 11.3 Å². The van der Waals surface area contributed by atoms with Crippen LogP contribution in [0.4, 0.5) is 11.5 Å². The molecule has 3 rings (SSSR count). The smallest absolute Gasteiger partial charge is 0.129 e. The molecule has 23 heavy (non-hydrogen) atoms. The van der Waals surface area contributed by atoms with Crippen LogP contribution in [0.1, 0.15) is 16.7 Å². The minimum atomic E-state index is -0.0735. The monoisotopic (exact) mass is 312 g/mol. The molecule has 2 aromatic rings. The number of anilines is 2. The third-order valence-electron chi connectivity index (χ3n) is 3.94. The number of nitrogens with two attached hydrogens (primary N) is 1. The number of nitrogens with one attached hydrogen (secondary N) is 1. The fourth-order valence-electron chi connectivity index (χ4n) is 2.61. The summed E-state index contributed by atoms with van der Waals surface area (Å²) in [5.74, 6) is 0.840. The zero-order valence-electron chi connectivity index (χ0n) is 12.8. The second-order valence-electron chi connectivity index (χ2n) is 5.46. The summed E-state index contributed by atoms with van der Waals surface area (Å²) < 4.78 is 5.36. The summed E-state index contributed by atoms with van der Waals surface area (Å²) in [6.45, 7) is 2.90. The Morgan fingerprint density at radius 3 is 2.78 bits per heavy atom. The van der Waals surface area contributed by atoms with E-state index in [1.54, 1.807) is 30.5 Å². The van der Waals surface area contributed by atoms with Crippen molar-refractivity contribution in [2.45, 2.75) is 6.61 Å². The molecule has 0 bridgehead atoms. The maximum atomic E-state index is 9.28. The highest BCUT2D eigenvalue weighted by atomic mass is 16.5. The van der Waals surface area contributed by atoms with E-state index in [-0.39, 0.29) is 6.61 Å². The number of aliphatic hydroxyl groups is 1. The Balaban J connectivity index is 1.90. The number of benzene rings is 1. The Kier molecular flexibility index (Phi) is 4.55. The largest absolute Gasteiger partial charge is 0.398 e. The van der Waals surface area contributed by atoms with Gasteiger partial charge in [0.2, 0.25) is 0 Å². The molecule has 4 N–H and O–H groups in total. The molecule has 0 aliphatic carbocycles. The van der Waals surface area contributed by atoms with Gasteiger partial charge in [0, 0.05) is 36.1 Å². The SMILES string of the molecule is N=C(c1ccnc(N2CCOCC2)c1)c1cc(CO)ccc1N. The average Bonchev–Trinajstić information content (AvgIpc) is 2.62. The summed E-state index contributed by atoms with van der Waals surface area (Å²) in [5.41, 5.74) is 8.96. The van der Waals surface area contributed by atoms with Crippen LogP contribution in [0.25, 0.3) is 0 Å². The third-order valence-corrected chi connectivity index (χ3v) is 3.94. The predicted octanol–water partition coefficient (Wildman–Crippen LogP) is 1.41. The number of aliphatic hydroxyl groups excluding tert-OH is 1. The Hall–Kier alpha value is -2.44. The number of pyridine rings is 1. The van der Waals surface area contributed by atoms with Gasteiger partial charge in [-0.2, -0.15) is 0 Å². The first-order valence-electron chi connectivity index (χ1n) is 7.56. The molecule has 0 unspecified atom stereocenters. The van der Waals surface area contributed by atoms with Crippen molar-refractivity contribution in [3.63, 3.8) is 0 Å². The van der Waals surface area contributed by atoms with Crippen LogP contribution in [0.3, 0.4) is 0 Å². The predicted molar refractivity (Wildman–Crippen MR) is 90.0 cm³/mol. The number of nitrogen functional groups attached to an aromatic ring is 1. The Morgan fingerprint density at radius 1 is 1.26 bits per heavy atom. The topological polar surface area (TPSA) is 95.5 Å². The molecule has 0 radical (unpaired) electrons. The second-order valence-corrected chi connectivity index (χ2v) is 5.46. The lowest BCUT2D eigenvalue weighted by atomic mass is 9.99. The van der Waals surface area contributed by atoms with Gasteiger partial charge >= 0.3 is 0 Å². The Morgan fingerprint density at radius 2 is 2.04 bits per heavy atom. The molecule has 0 atom stereocenters. The van der Waals surface area contributed by atoms with Crippen LogP contribution >= 0.6 is 0 Å². The molecule has 0 amide bonds. The van der Waals surface area contributed by atoms with Gasteiger partial charge < -0.3 is 20.5 Å². The first-order chi connectivity index (χ1) is 11.2. The van der Waals surface area contributed by atoms with Crippen molar-refractivity contribution in [1.82, 2.24) is 4.98 Å². The van der Waals surface area contributed by atoms with Crippen LogP contribution < -0.4 is 10.6 Å². The van der Waals surface area contributed by atoms with Crippen LogP contribution in [0.5, 0.6) is 0 Å². The maximum Gasteiger partial charge on any atom is 0.129 e. The molecule has 120 valence electrons. The molecule has 0 spiro atoms. The van der Waals surface area contributed by atoms with Gasteiger partial charge in [-0.3, -0.25) is 5.41 Å². The van der Waals surface area contributed by atoms with Gasteiger partial charge in [-0.25, -0.2) is 4.98 Å². The van der Waals surface area contributed by atoms with Gasteiger partial charge in [-0.1, -0.05) is 6.07 Å². The number of morpholine rings is 1. The summed E-state index contributed by atoms with van der Waals surface area (Å²) in [4.78, 5) is 6.54. The minimum Gasteiger partial charge on any atom is -0.398 e. The Bertz CT molecular complexity index is 711. The number of hydrogen-bond donors (Lipinski definition) is 3. The molecule has 2 heterocycles. The Labute approximate surface area is 135 Å². The van der Waals surface area contributed by atoms with Gasteiger partial charge in [-0.15, -0.1) is 0 Å². The van der Waals surface area contributed by atoms with Crippen molar-refractivity contribution in [2.75, 3.05) is 36.9 Å². The second kappa shape index (κ2) is 6.76. The van der Waals surface area contributed by atoms with E-state index in [9.17, 15) is 5.11 Å². The highest BCUT2D eigenvalue weighted by molar-refractivity contribution is 6.14. The molecule has 1 aromatic heterocycles. The van der Waals surface area contributed by atoms with Crippen molar-refractivity contribution in [1.29, 1.82) is 5.41 Å². The summed E-state index contributed by atoms with van der Waals surface area (Å²) in [7, 11) is 0. The van der Waals surface area contributed by atoms with Crippen molar-refractivity contribution in [2.24, 2.45) is 0 Å². The van der Waals surface area contributed by atoms with Gasteiger partial charge in [0.25, 0.3) is 0 Å². The first-order valence-corrected chi connectivity index (χ1v) is 7.56. The molecular weight excluding hydrogens is 292 g/mol. The highest BCUT2D eigenvalue weighted by Gasteiger charge is 2.15. The summed E-state index contributed by atoms with van der Waals surface area (Å²) in [6.07, 6.45) is 1.71. The number of nitrogens with zero attached hydrogens (tertiary/aromatic N) is 2. The standard InChI is InChI=1S/C17H20N4O2/c18-15-2-1-12(11-22)9-14(15)17(19)13-3-4-20-16(10-13)21-5-7-23-8-6-21/h1-4,9-10,19,22H,5-8,11,18H2. The lowest BCUT2D eigenvalue weighted by Crippen LogP contribution is -2.36. The quantitative estimate of drug-likeness (QED) is 0.586. The van der Waals surface area contributed by atoms with E-state index in [0.29, 0.717) is 30.2 Å². The number of aromatic nitrogens is 1. The average molecular weight is 312 g/mol. The van der Waals surface area contributed by atoms with E-state index < -0.39 is 0 Å². The van der Waals surface area contributed by atoms with Crippen molar-refractivity contribution < 1.29 is 9.84 Å². The molecule has 1 aliphatic heterocycles. The third kappa shape index (κ3) is 3.33. The van der Waals surface area contributed by atoms with Gasteiger partial charge in [0.1, 0.15) is 5.82 Å². The molecule has 1 aromatic carbocycles. The zero-order valence-corrected chi connectivity index (χ0v) is 12.8. The van der Waals surface area contributed by atoms with E-state index >= 15 is 0 Å². The fraction of sp³-hybridized carbons (Fsp3) is 0.294. The van der Waals surface area contributed by atoms with E-state index in [1.165, 1.54) is 0 Å². The number of ether oxygens (including phenoxy) is 1. The zero-order chi connectivity index (χ0) is 16.2. The number of hydrogen-bond acceptors (Lipinski definition) is 6. The van der Waals surface area contributed by atoms with Gasteiger partial charge in [0.15, 0.2) is 0 Å². The first kappa shape index (κ1) is 15.5. The molecular formula is C17H20N4O2. The maximum absolute atomic E-state index is 9.28. The van der Waals surface area contributed by atoms with Crippen LogP contribution in [-0.4, -0.2) is 42.1 Å². The lowest BCUT2D eigenvalue weighted by molar-refractivity contribution is 0.122. The molecule has 6 nitrogen and oxygen atoms in total. The molecule has 0 saturated carbocycles. The van der Waals surface area contributed by atoms with Crippen molar-refractivity contribution in [3.05, 3.63) is 53.2 Å². The van der Waals surface area contributed by atoms with Crippen LogP contribution in [0.15, 0.2) is 36.5 Å². The lowest BCUT2D eigenvalue weighted by Gasteiger charge is -2.28. The molecule has 1 fully saturated rings. The van der Waals surface area contributed by atoms with Crippen molar-refractivity contribution >= 4 is 17.2 Å². The van der Waals surface area contributed by atoms with Gasteiger partial charge in [-0.05, 0) is 29.8 Å². The summed E-state index contributed by atoms with van der Waals surface area (Å²) in [6, 6.07) is 8.94. The van der Waals surface area contributed by atoms with E-state index in [4.69, 9.17) is 15.9 Å². The fourth-order valence-corrected chi connectivity index (χ4v) is 2.61. The normalized spacial score (nSPS) is 14.7. The van der Waals surface area contributed by atoms with E-state index in [0.717, 1.165) is 30.0 Å². The van der Waals surface area contributed by atoms with Crippen molar-refractivity contribution in [3.8, 4) is 0 Å². The molecule has 1 aliphatic rings. The van der Waals surface area contributed by atoms with E-state index in [1.807, 2.05) is 6.07 Å². The molecule has 1 saturated heterocycles. The summed E-state index contributed by atoms with van der Waals surface area (Å²) >= 11 is 0. The number of rotatable bonds is 4. The van der Waals surface area contributed by atoms with Gasteiger partial charge in [0.05, 0.1) is 25.5 Å². The minimum absolute atomic E-state index is 0.0735. The molecule has 6 heteroatoms. The van der Waals surface area contributed by atoms with Crippen LogP contribution in [0.2, 0.25) is 0 Å². The van der Waals surface area contributed by atoms with Crippen LogP contribution in [0, 0.1) is 5.41 Å². The highest BCUT2D eigenvalue weighted by Crippen LogP contribution is 2.21.